The highest BCUT2D eigenvalue weighted by Gasteiger charge is 2.65. The molecule has 2 aromatic carbocycles. The van der Waals surface area contributed by atoms with Crippen LogP contribution in [0.5, 0.6) is 0 Å². The zero-order valence-electron chi connectivity index (χ0n) is 18.3. The number of hydrogen-bond donors (Lipinski definition) is 1. The van der Waals surface area contributed by atoms with Crippen LogP contribution in [-0.4, -0.2) is 10.9 Å². The van der Waals surface area contributed by atoms with Gasteiger partial charge in [-0.25, -0.2) is 4.39 Å². The fourth-order valence-corrected chi connectivity index (χ4v) is 5.34. The number of nitrogens with zero attached hydrogens (tertiary/aromatic N) is 1. The highest BCUT2D eigenvalue weighted by molar-refractivity contribution is 8.45. The summed E-state index contributed by atoms with van der Waals surface area (Å²) < 4.78 is 78.1. The Hall–Kier alpha value is -2.75. The first-order valence-corrected chi connectivity index (χ1v) is 12.9. The van der Waals surface area contributed by atoms with E-state index in [9.17, 15) is 28.6 Å². The maximum Gasteiger partial charge on any atom is 0.310 e. The van der Waals surface area contributed by atoms with E-state index in [1.807, 2.05) is 6.07 Å². The molecule has 0 radical (unpaired) electrons. The molecule has 3 aromatic rings. The third kappa shape index (κ3) is 5.32. The van der Waals surface area contributed by atoms with E-state index in [1.54, 1.807) is 19.2 Å². The summed E-state index contributed by atoms with van der Waals surface area (Å²) in [5.74, 6) is -0.847. The van der Waals surface area contributed by atoms with E-state index >= 15 is 0 Å². The van der Waals surface area contributed by atoms with Gasteiger partial charge in [0.25, 0.3) is 0 Å². The average molecular weight is 503 g/mol. The minimum Gasteiger partial charge on any atom is -0.326 e. The summed E-state index contributed by atoms with van der Waals surface area (Å²) in [7, 11) is -9.75. The number of halogens is 6. The summed E-state index contributed by atoms with van der Waals surface area (Å²) >= 11 is 0. The predicted molar refractivity (Wildman–Crippen MR) is 122 cm³/mol. The standard InChI is InChI=1S/C24H24F6N2OS/c1-15(24(33)32-19-7-9-20(10-8-19)34(26,27,28,29)30)16-2-4-17(5-3-16)21-12-13-31-23-11-6-18(25)14-22(21)23/h6-17H,2-5H2,1H3,(H,32,33)/t15-,16?,17?/m1/s1. The number of carbonyl (C=O) groups is 1. The van der Waals surface area contributed by atoms with Gasteiger partial charge in [0, 0.05) is 23.2 Å². The molecule has 0 spiro atoms. The van der Waals surface area contributed by atoms with Crippen LogP contribution in [0.15, 0.2) is 59.6 Å². The van der Waals surface area contributed by atoms with Crippen LogP contribution in [0, 0.1) is 17.7 Å². The molecular weight excluding hydrogens is 478 g/mol. The van der Waals surface area contributed by atoms with Gasteiger partial charge in [-0.15, -0.1) is 0 Å². The molecule has 1 aliphatic rings. The van der Waals surface area contributed by atoms with Crippen LogP contribution in [0.25, 0.3) is 10.9 Å². The second kappa shape index (κ2) is 7.90. The molecule has 1 saturated carbocycles. The van der Waals surface area contributed by atoms with Gasteiger partial charge < -0.3 is 5.32 Å². The molecule has 1 N–H and O–H groups in total. The van der Waals surface area contributed by atoms with Gasteiger partial charge in [0.2, 0.25) is 5.91 Å². The Labute approximate surface area is 193 Å². The van der Waals surface area contributed by atoms with Crippen molar-refractivity contribution in [3.8, 4) is 0 Å². The van der Waals surface area contributed by atoms with Crippen LogP contribution in [-0.2, 0) is 4.79 Å². The lowest BCUT2D eigenvalue weighted by Crippen LogP contribution is -2.29. The van der Waals surface area contributed by atoms with Crippen molar-refractivity contribution in [1.82, 2.24) is 4.98 Å². The number of aromatic nitrogens is 1. The zero-order chi connectivity index (χ0) is 24.8. The van der Waals surface area contributed by atoms with E-state index in [1.165, 1.54) is 12.1 Å². The number of rotatable bonds is 5. The van der Waals surface area contributed by atoms with Crippen LogP contribution in [0.3, 0.4) is 0 Å². The Kier molecular flexibility index (Phi) is 5.66. The van der Waals surface area contributed by atoms with Gasteiger partial charge >= 0.3 is 10.2 Å². The quantitative estimate of drug-likeness (QED) is 0.355. The molecule has 1 atom stereocenters. The van der Waals surface area contributed by atoms with E-state index in [-0.39, 0.29) is 41.4 Å². The van der Waals surface area contributed by atoms with Crippen molar-refractivity contribution < 1.29 is 28.6 Å². The maximum absolute atomic E-state index is 13.8. The van der Waals surface area contributed by atoms with Gasteiger partial charge in [-0.3, -0.25) is 9.78 Å². The SMILES string of the molecule is C[C@@H](C(=O)Nc1ccc(S(F)(F)(F)(F)F)cc1)C1CCC(c2ccnc3ccc(F)cc23)CC1. The van der Waals surface area contributed by atoms with Crippen molar-refractivity contribution in [3.05, 3.63) is 66.1 Å². The molecule has 1 aromatic heterocycles. The number of nitrogens with one attached hydrogen (secondary N) is 1. The van der Waals surface area contributed by atoms with Crippen LogP contribution >= 0.6 is 10.2 Å². The molecule has 34 heavy (non-hydrogen) atoms. The Balaban J connectivity index is 1.39. The van der Waals surface area contributed by atoms with Gasteiger partial charge in [-0.1, -0.05) is 26.4 Å². The fourth-order valence-electron chi connectivity index (χ4n) is 4.69. The van der Waals surface area contributed by atoms with Crippen LogP contribution < -0.4 is 5.32 Å². The molecule has 4 rings (SSSR count). The van der Waals surface area contributed by atoms with Gasteiger partial charge in [-0.2, -0.15) is 0 Å². The first kappa shape index (κ1) is 24.4. The zero-order valence-corrected chi connectivity index (χ0v) is 19.1. The molecule has 0 unspecified atom stereocenters. The van der Waals surface area contributed by atoms with Gasteiger partial charge in [0.15, 0.2) is 0 Å². The molecule has 10 heteroatoms. The molecule has 0 saturated heterocycles. The van der Waals surface area contributed by atoms with E-state index in [2.05, 4.69) is 10.3 Å². The van der Waals surface area contributed by atoms with Crippen molar-refractivity contribution in [1.29, 1.82) is 0 Å². The third-order valence-corrected chi connectivity index (χ3v) is 7.80. The van der Waals surface area contributed by atoms with Crippen LogP contribution in [0.2, 0.25) is 0 Å². The van der Waals surface area contributed by atoms with Crippen molar-refractivity contribution in [2.24, 2.45) is 11.8 Å². The number of hydrogen-bond acceptors (Lipinski definition) is 2. The minimum absolute atomic E-state index is 0.0291. The smallest absolute Gasteiger partial charge is 0.310 e. The topological polar surface area (TPSA) is 42.0 Å². The number of pyridine rings is 1. The lowest BCUT2D eigenvalue weighted by molar-refractivity contribution is -0.121. The highest BCUT2D eigenvalue weighted by atomic mass is 32.5. The second-order valence-electron chi connectivity index (χ2n) is 8.94. The number of amides is 1. The minimum atomic E-state index is -9.75. The molecule has 0 aliphatic heterocycles. The van der Waals surface area contributed by atoms with E-state index in [0.717, 1.165) is 54.3 Å². The van der Waals surface area contributed by atoms with Gasteiger partial charge in [0.05, 0.1) is 5.52 Å². The summed E-state index contributed by atoms with van der Waals surface area (Å²) in [6.07, 6.45) is 4.81. The number of carbonyl (C=O) groups excluding carboxylic acids is 1. The Morgan fingerprint density at radius 2 is 1.62 bits per heavy atom. The van der Waals surface area contributed by atoms with Crippen molar-refractivity contribution in [3.63, 3.8) is 0 Å². The highest BCUT2D eigenvalue weighted by Crippen LogP contribution is 3.02. The molecule has 3 nitrogen and oxygen atoms in total. The van der Waals surface area contributed by atoms with Crippen LogP contribution in [0.1, 0.15) is 44.1 Å². The molecule has 1 heterocycles. The Morgan fingerprint density at radius 3 is 2.24 bits per heavy atom. The largest absolute Gasteiger partial charge is 0.326 e. The number of anilines is 1. The van der Waals surface area contributed by atoms with Crippen molar-refractivity contribution >= 4 is 32.7 Å². The summed E-state index contributed by atoms with van der Waals surface area (Å²) in [4.78, 5) is 15.0. The first-order valence-electron chi connectivity index (χ1n) is 10.9. The van der Waals surface area contributed by atoms with E-state index in [4.69, 9.17) is 0 Å². The molecule has 1 fully saturated rings. The van der Waals surface area contributed by atoms with E-state index in [0.29, 0.717) is 0 Å². The Morgan fingerprint density at radius 1 is 0.971 bits per heavy atom. The van der Waals surface area contributed by atoms with E-state index < -0.39 is 21.0 Å². The number of fused-ring (bicyclic) bond motifs is 1. The predicted octanol–water partition coefficient (Wildman–Crippen LogP) is 8.58. The lowest BCUT2D eigenvalue weighted by atomic mass is 9.73. The first-order chi connectivity index (χ1) is 15.7. The Bertz CT molecular complexity index is 1220. The summed E-state index contributed by atoms with van der Waals surface area (Å²) in [5.41, 5.74) is 1.79. The maximum atomic E-state index is 13.8. The van der Waals surface area contributed by atoms with Crippen LogP contribution in [0.4, 0.5) is 29.5 Å². The van der Waals surface area contributed by atoms with Crippen molar-refractivity contribution in [2.45, 2.75) is 43.4 Å². The van der Waals surface area contributed by atoms with Crippen molar-refractivity contribution in [2.75, 3.05) is 5.32 Å². The second-order valence-corrected chi connectivity index (χ2v) is 11.4. The fraction of sp³-hybridized carbons (Fsp3) is 0.333. The van der Waals surface area contributed by atoms with Gasteiger partial charge in [0.1, 0.15) is 10.7 Å². The monoisotopic (exact) mass is 502 g/mol. The molecule has 184 valence electrons. The average Bonchev–Trinajstić information content (AvgIpc) is 2.77. The third-order valence-electron chi connectivity index (χ3n) is 6.64. The lowest BCUT2D eigenvalue weighted by Gasteiger charge is -2.40. The molecule has 0 bridgehead atoms. The molecule has 1 aliphatic carbocycles. The van der Waals surface area contributed by atoms with Gasteiger partial charge in [-0.05, 0) is 91.6 Å². The number of benzene rings is 2. The summed E-state index contributed by atoms with van der Waals surface area (Å²) in [5, 5.41) is 3.31. The normalized spacial score (nSPS) is 22.0. The molecule has 1 amide bonds. The summed E-state index contributed by atoms with van der Waals surface area (Å²) in [6, 6.07) is 8.66. The molecular formula is C24H24F6N2OS. The summed E-state index contributed by atoms with van der Waals surface area (Å²) in [6.45, 7) is 1.75.